The molecule has 8 heteroatoms. The molecule has 6 aromatic rings. The Morgan fingerprint density at radius 2 is 1.75 bits per heavy atom. The molecule has 0 fully saturated rings. The molecule has 1 aliphatic rings. The average molecular weight is 524 g/mol. The van der Waals surface area contributed by atoms with E-state index in [9.17, 15) is 0 Å². The number of aromatic nitrogens is 6. The molecule has 0 radical (unpaired) electrons. The molecule has 0 aliphatic carbocycles. The number of fused-ring (bicyclic) bond motifs is 2. The standard InChI is InChI=1S/C32H25N7O/c1-20-25(23-16-24(18-34-17-23)40-19-21-6-3-2-4-7-21)10-11-28-30(35-20)31(39-38-28)32-36-27-9-5-8-26(29(27)37-32)22-12-14-33-15-13-22/h2-18,20,38H,19H2,1H3,(H,36,37)/t20-/m0/s1. The first-order chi connectivity index (χ1) is 19.7. The number of hydrogen-bond acceptors (Lipinski definition) is 6. The fraction of sp³-hybridized carbons (Fsp3) is 0.0938. The SMILES string of the molecule is C[C@@H]1N=c2c(-c3nc4c(-c5ccncc5)cccc4[nH]3)n[nH]c2=CC=C1c1cncc(OCc2ccccc2)c1. The normalized spacial score (nSPS) is 14.5. The van der Waals surface area contributed by atoms with E-state index in [1.165, 1.54) is 0 Å². The van der Waals surface area contributed by atoms with Gasteiger partial charge in [-0.2, -0.15) is 5.10 Å². The predicted octanol–water partition coefficient (Wildman–Crippen LogP) is 4.87. The Hall–Kier alpha value is -5.37. The van der Waals surface area contributed by atoms with E-state index in [2.05, 4.69) is 44.2 Å². The fourth-order valence-corrected chi connectivity index (χ4v) is 4.98. The van der Waals surface area contributed by atoms with E-state index in [1.54, 1.807) is 18.6 Å². The second kappa shape index (κ2) is 10.1. The minimum absolute atomic E-state index is 0.142. The molecule has 0 saturated carbocycles. The van der Waals surface area contributed by atoms with Gasteiger partial charge in [0.05, 0.1) is 28.6 Å². The molecule has 40 heavy (non-hydrogen) atoms. The van der Waals surface area contributed by atoms with Crippen molar-refractivity contribution in [3.63, 3.8) is 0 Å². The first-order valence-corrected chi connectivity index (χ1v) is 13.1. The Kier molecular flexibility index (Phi) is 5.97. The van der Waals surface area contributed by atoms with Crippen molar-refractivity contribution in [1.29, 1.82) is 0 Å². The molecule has 0 spiro atoms. The molecule has 194 valence electrons. The van der Waals surface area contributed by atoms with Gasteiger partial charge in [0, 0.05) is 29.7 Å². The quantitative estimate of drug-likeness (QED) is 0.324. The second-order valence-electron chi connectivity index (χ2n) is 9.63. The largest absolute Gasteiger partial charge is 0.487 e. The van der Waals surface area contributed by atoms with Crippen LogP contribution < -0.4 is 15.4 Å². The first kappa shape index (κ1) is 23.7. The Labute approximate surface area is 229 Å². The molecule has 1 atom stereocenters. The molecular formula is C32H25N7O. The number of nitrogens with one attached hydrogen (secondary N) is 2. The number of H-pyrrole nitrogens is 2. The van der Waals surface area contributed by atoms with Crippen LogP contribution in [0, 0.1) is 0 Å². The zero-order chi connectivity index (χ0) is 26.9. The molecule has 0 bridgehead atoms. The Balaban J connectivity index is 1.21. The average Bonchev–Trinajstić information content (AvgIpc) is 3.57. The van der Waals surface area contributed by atoms with Crippen molar-refractivity contribution in [3.8, 4) is 28.4 Å². The van der Waals surface area contributed by atoms with Gasteiger partial charge < -0.3 is 9.72 Å². The number of imidazole rings is 1. The lowest BCUT2D eigenvalue weighted by molar-refractivity contribution is 0.305. The minimum Gasteiger partial charge on any atom is -0.487 e. The summed E-state index contributed by atoms with van der Waals surface area (Å²) in [5.41, 5.74) is 7.70. The van der Waals surface area contributed by atoms with E-state index in [-0.39, 0.29) is 6.04 Å². The van der Waals surface area contributed by atoms with Crippen molar-refractivity contribution in [1.82, 2.24) is 30.1 Å². The van der Waals surface area contributed by atoms with Crippen LogP contribution in [-0.2, 0) is 6.61 Å². The van der Waals surface area contributed by atoms with Crippen LogP contribution in [0.25, 0.3) is 45.3 Å². The smallest absolute Gasteiger partial charge is 0.161 e. The number of pyridine rings is 2. The van der Waals surface area contributed by atoms with Crippen molar-refractivity contribution in [3.05, 3.63) is 119 Å². The summed E-state index contributed by atoms with van der Waals surface area (Å²) in [7, 11) is 0. The molecule has 1 aliphatic heterocycles. The van der Waals surface area contributed by atoms with Crippen LogP contribution in [0.2, 0.25) is 0 Å². The predicted molar refractivity (Wildman–Crippen MR) is 155 cm³/mol. The number of ether oxygens (including phenoxy) is 1. The van der Waals surface area contributed by atoms with E-state index < -0.39 is 0 Å². The zero-order valence-corrected chi connectivity index (χ0v) is 21.7. The monoisotopic (exact) mass is 523 g/mol. The molecule has 0 amide bonds. The molecular weight excluding hydrogens is 498 g/mol. The highest BCUT2D eigenvalue weighted by molar-refractivity contribution is 5.93. The third kappa shape index (κ3) is 4.45. The highest BCUT2D eigenvalue weighted by Crippen LogP contribution is 2.29. The van der Waals surface area contributed by atoms with E-state index in [1.807, 2.05) is 72.9 Å². The molecule has 2 N–H and O–H groups in total. The fourth-order valence-electron chi connectivity index (χ4n) is 4.98. The van der Waals surface area contributed by atoms with Gasteiger partial charge in [-0.05, 0) is 54.0 Å². The lowest BCUT2D eigenvalue weighted by atomic mass is 10.0. The van der Waals surface area contributed by atoms with Crippen molar-refractivity contribution in [2.45, 2.75) is 19.6 Å². The summed E-state index contributed by atoms with van der Waals surface area (Å²) in [6.45, 7) is 2.56. The number of benzene rings is 2. The molecule has 0 unspecified atom stereocenters. The van der Waals surface area contributed by atoms with Crippen LogP contribution in [0.1, 0.15) is 18.1 Å². The lowest BCUT2D eigenvalue weighted by Crippen LogP contribution is -2.25. The van der Waals surface area contributed by atoms with Gasteiger partial charge >= 0.3 is 0 Å². The van der Waals surface area contributed by atoms with E-state index in [0.717, 1.165) is 49.6 Å². The number of para-hydroxylation sites is 1. The summed E-state index contributed by atoms with van der Waals surface area (Å²) in [5, 5.41) is 9.34. The van der Waals surface area contributed by atoms with Crippen LogP contribution in [0.4, 0.5) is 0 Å². The van der Waals surface area contributed by atoms with Crippen LogP contribution in [0.15, 0.2) is 103 Å². The lowest BCUT2D eigenvalue weighted by Gasteiger charge is -2.13. The van der Waals surface area contributed by atoms with Crippen molar-refractivity contribution < 1.29 is 4.74 Å². The Morgan fingerprint density at radius 3 is 2.62 bits per heavy atom. The Bertz CT molecular complexity index is 1970. The number of nitrogens with zero attached hydrogens (tertiary/aromatic N) is 5. The van der Waals surface area contributed by atoms with Gasteiger partial charge in [0.25, 0.3) is 0 Å². The van der Waals surface area contributed by atoms with Crippen molar-refractivity contribution >= 4 is 22.7 Å². The van der Waals surface area contributed by atoms with Gasteiger partial charge in [0.2, 0.25) is 0 Å². The number of rotatable bonds is 6. The van der Waals surface area contributed by atoms with E-state index in [0.29, 0.717) is 23.9 Å². The molecule has 7 rings (SSSR count). The van der Waals surface area contributed by atoms with E-state index >= 15 is 0 Å². The Morgan fingerprint density at radius 1 is 0.875 bits per heavy atom. The van der Waals surface area contributed by atoms with Gasteiger partial charge in [-0.3, -0.25) is 20.1 Å². The van der Waals surface area contributed by atoms with Crippen molar-refractivity contribution in [2.24, 2.45) is 4.99 Å². The maximum atomic E-state index is 6.02. The highest BCUT2D eigenvalue weighted by atomic mass is 16.5. The summed E-state index contributed by atoms with van der Waals surface area (Å²) in [6, 6.07) is 22.0. The summed E-state index contributed by atoms with van der Waals surface area (Å²) in [5.74, 6) is 1.38. The van der Waals surface area contributed by atoms with Crippen molar-refractivity contribution in [2.75, 3.05) is 0 Å². The first-order valence-electron chi connectivity index (χ1n) is 13.1. The van der Waals surface area contributed by atoms with Gasteiger partial charge in [-0.25, -0.2) is 4.98 Å². The number of allylic oxidation sites excluding steroid dienone is 1. The molecule has 5 heterocycles. The minimum atomic E-state index is -0.142. The highest BCUT2D eigenvalue weighted by Gasteiger charge is 2.18. The van der Waals surface area contributed by atoms with Crippen LogP contribution in [0.3, 0.4) is 0 Å². The number of aromatic amines is 2. The maximum Gasteiger partial charge on any atom is 0.161 e. The maximum absolute atomic E-state index is 6.02. The zero-order valence-electron chi connectivity index (χ0n) is 21.7. The molecule has 8 nitrogen and oxygen atoms in total. The van der Waals surface area contributed by atoms with Gasteiger partial charge in [0.15, 0.2) is 11.5 Å². The molecule has 0 saturated heterocycles. The van der Waals surface area contributed by atoms with Gasteiger partial charge in [-0.1, -0.05) is 48.5 Å². The summed E-state index contributed by atoms with van der Waals surface area (Å²) < 4.78 is 6.02. The summed E-state index contributed by atoms with van der Waals surface area (Å²) in [4.78, 5) is 22.1. The van der Waals surface area contributed by atoms with Crippen LogP contribution >= 0.6 is 0 Å². The van der Waals surface area contributed by atoms with Gasteiger partial charge in [-0.15, -0.1) is 0 Å². The van der Waals surface area contributed by atoms with Crippen LogP contribution in [0.5, 0.6) is 5.75 Å². The third-order valence-electron chi connectivity index (χ3n) is 6.99. The molecule has 2 aromatic carbocycles. The summed E-state index contributed by atoms with van der Waals surface area (Å²) in [6.07, 6.45) is 11.2. The van der Waals surface area contributed by atoms with Gasteiger partial charge in [0.1, 0.15) is 17.7 Å². The summed E-state index contributed by atoms with van der Waals surface area (Å²) >= 11 is 0. The number of hydrogen-bond donors (Lipinski definition) is 2. The third-order valence-corrected chi connectivity index (χ3v) is 6.99. The van der Waals surface area contributed by atoms with Crippen LogP contribution in [-0.4, -0.2) is 36.2 Å². The topological polar surface area (TPSA) is 105 Å². The van der Waals surface area contributed by atoms with E-state index in [4.69, 9.17) is 14.7 Å². The molecule has 4 aromatic heterocycles. The second-order valence-corrected chi connectivity index (χ2v) is 9.63.